The molecule has 0 spiro atoms. The topological polar surface area (TPSA) is 122 Å². The van der Waals surface area contributed by atoms with Crippen LogP contribution in [0.2, 0.25) is 10.0 Å². The molecule has 12 heteroatoms. The highest BCUT2D eigenvalue weighted by Crippen LogP contribution is 2.30. The minimum atomic E-state index is -1.17. The van der Waals surface area contributed by atoms with Crippen LogP contribution in [0.1, 0.15) is 56.1 Å². The van der Waals surface area contributed by atoms with E-state index in [9.17, 15) is 14.4 Å². The van der Waals surface area contributed by atoms with E-state index in [2.05, 4.69) is 17.2 Å². The Bertz CT molecular complexity index is 1210. The molecule has 0 saturated carbocycles. The number of aromatic nitrogens is 1. The maximum Gasteiger partial charge on any atom is 0.331 e. The fourth-order valence-electron chi connectivity index (χ4n) is 4.53. The van der Waals surface area contributed by atoms with Gasteiger partial charge < -0.3 is 29.0 Å². The first-order valence-electron chi connectivity index (χ1n) is 13.5. The first-order chi connectivity index (χ1) is 19.6. The van der Waals surface area contributed by atoms with Gasteiger partial charge in [-0.05, 0) is 37.5 Å². The molecule has 10 nitrogen and oxygen atoms in total. The number of unbranched alkanes of at least 4 members (excludes halogenated alkanes) is 2. The smallest absolute Gasteiger partial charge is 0.331 e. The fraction of sp³-hybridized carbons (Fsp3) is 0.517. The van der Waals surface area contributed by atoms with Gasteiger partial charge >= 0.3 is 11.9 Å². The molecule has 1 amide bonds. The number of amides is 1. The highest BCUT2D eigenvalue weighted by Gasteiger charge is 2.36. The van der Waals surface area contributed by atoms with E-state index in [1.54, 1.807) is 19.1 Å². The molecule has 0 bridgehead atoms. The van der Waals surface area contributed by atoms with Crippen molar-refractivity contribution in [3.8, 4) is 11.5 Å². The fourth-order valence-corrected chi connectivity index (χ4v) is 5.01. The average molecular weight is 612 g/mol. The molecule has 4 unspecified atom stereocenters. The van der Waals surface area contributed by atoms with Crippen molar-refractivity contribution in [3.63, 3.8) is 0 Å². The second-order valence-corrected chi connectivity index (χ2v) is 10.6. The zero-order chi connectivity index (χ0) is 29.9. The molecule has 3 rings (SSSR count). The van der Waals surface area contributed by atoms with Gasteiger partial charge in [0.15, 0.2) is 17.5 Å². The van der Waals surface area contributed by atoms with Crippen LogP contribution in [0.15, 0.2) is 30.5 Å². The third-order valence-electron chi connectivity index (χ3n) is 6.54. The molecule has 41 heavy (non-hydrogen) atoms. The van der Waals surface area contributed by atoms with E-state index < -0.39 is 36.1 Å². The Morgan fingerprint density at radius 1 is 1.17 bits per heavy atom. The number of hydrogen-bond donors (Lipinski definition) is 1. The van der Waals surface area contributed by atoms with Crippen molar-refractivity contribution in [1.29, 1.82) is 0 Å². The molecule has 1 aromatic carbocycles. The number of esters is 2. The SMILES string of the molecule is CCCCCOC1C(Cc2ccc(Cl)cc2Cl)COCC(NC(=O)c2nccc(OC)c2OC(C)=O)C(=O)OC1C. The number of hydrogen-bond acceptors (Lipinski definition) is 9. The zero-order valence-electron chi connectivity index (χ0n) is 23.6. The number of methoxy groups -OCH3 is 1. The second-order valence-electron chi connectivity index (χ2n) is 9.73. The minimum absolute atomic E-state index is 0.133. The first-order valence-corrected chi connectivity index (χ1v) is 14.3. The van der Waals surface area contributed by atoms with Crippen molar-refractivity contribution in [2.75, 3.05) is 26.9 Å². The van der Waals surface area contributed by atoms with Gasteiger partial charge in [-0.15, -0.1) is 0 Å². The number of halogens is 2. The van der Waals surface area contributed by atoms with Crippen LogP contribution in [-0.2, 0) is 30.2 Å². The summed E-state index contributed by atoms with van der Waals surface area (Å²) in [6.45, 7) is 5.58. The van der Waals surface area contributed by atoms with Crippen molar-refractivity contribution in [1.82, 2.24) is 10.3 Å². The van der Waals surface area contributed by atoms with Crippen LogP contribution in [0, 0.1) is 5.92 Å². The number of nitrogens with zero attached hydrogens (tertiary/aromatic N) is 1. The van der Waals surface area contributed by atoms with Crippen LogP contribution in [-0.4, -0.2) is 68.0 Å². The van der Waals surface area contributed by atoms with E-state index in [0.717, 1.165) is 24.8 Å². The van der Waals surface area contributed by atoms with Crippen molar-refractivity contribution >= 4 is 41.0 Å². The van der Waals surface area contributed by atoms with E-state index in [1.165, 1.54) is 26.3 Å². The highest BCUT2D eigenvalue weighted by molar-refractivity contribution is 6.35. The molecule has 224 valence electrons. The van der Waals surface area contributed by atoms with Crippen LogP contribution in [0.5, 0.6) is 11.5 Å². The summed E-state index contributed by atoms with van der Waals surface area (Å²) in [7, 11) is 1.36. The number of nitrogens with one attached hydrogen (secondary N) is 1. The Hall–Kier alpha value is -2.92. The van der Waals surface area contributed by atoms with Crippen LogP contribution in [0.4, 0.5) is 0 Å². The largest absolute Gasteiger partial charge is 0.493 e. The first kappa shape index (κ1) is 32.6. The lowest BCUT2D eigenvalue weighted by Crippen LogP contribution is -2.46. The molecule has 1 aromatic heterocycles. The second kappa shape index (κ2) is 15.9. The molecule has 1 aliphatic rings. The Morgan fingerprint density at radius 3 is 2.63 bits per heavy atom. The number of rotatable bonds is 11. The predicted octanol–water partition coefficient (Wildman–Crippen LogP) is 4.82. The number of ether oxygens (including phenoxy) is 5. The van der Waals surface area contributed by atoms with Crippen LogP contribution < -0.4 is 14.8 Å². The number of pyridine rings is 1. The Balaban J connectivity index is 1.82. The Labute approximate surface area is 249 Å². The van der Waals surface area contributed by atoms with Crippen LogP contribution in [0.25, 0.3) is 0 Å². The molecule has 1 fully saturated rings. The van der Waals surface area contributed by atoms with Gasteiger partial charge in [-0.3, -0.25) is 9.59 Å². The summed E-state index contributed by atoms with van der Waals surface area (Å²) in [5, 5.41) is 3.64. The maximum absolute atomic E-state index is 13.2. The van der Waals surface area contributed by atoms with Crippen molar-refractivity contribution < 1.29 is 38.1 Å². The molecule has 4 atom stereocenters. The standard InChI is InChI=1S/C29H36Cl2N2O8/c1-5-6-7-12-39-26-17(2)40-29(36)23(16-38-15-20(26)13-19-8-9-21(30)14-22(19)31)33-28(35)25-27(41-18(3)34)24(37-4)10-11-32-25/h8-11,14,17,20,23,26H,5-7,12-13,15-16H2,1-4H3,(H,33,35). The van der Waals surface area contributed by atoms with E-state index in [-0.39, 0.29) is 36.3 Å². The van der Waals surface area contributed by atoms with Gasteiger partial charge in [0.2, 0.25) is 5.75 Å². The van der Waals surface area contributed by atoms with Gasteiger partial charge in [0.05, 0.1) is 26.4 Å². The highest BCUT2D eigenvalue weighted by atomic mass is 35.5. The quantitative estimate of drug-likeness (QED) is 0.282. The van der Waals surface area contributed by atoms with Crippen molar-refractivity contribution in [2.24, 2.45) is 5.92 Å². The summed E-state index contributed by atoms with van der Waals surface area (Å²) in [5.41, 5.74) is 0.629. The number of carbonyl (C=O) groups excluding carboxylic acids is 3. The normalized spacial score (nSPS) is 21.2. The monoisotopic (exact) mass is 610 g/mol. The van der Waals surface area contributed by atoms with Gasteiger partial charge in [-0.25, -0.2) is 9.78 Å². The Kier molecular flexibility index (Phi) is 12.6. The molecule has 1 N–H and O–H groups in total. The summed E-state index contributed by atoms with van der Waals surface area (Å²) in [6, 6.07) is 5.58. The summed E-state index contributed by atoms with van der Waals surface area (Å²) in [6.07, 6.45) is 3.57. The minimum Gasteiger partial charge on any atom is -0.493 e. The molecule has 2 aromatic rings. The number of carbonyl (C=O) groups is 3. The summed E-state index contributed by atoms with van der Waals surface area (Å²) in [4.78, 5) is 42.1. The summed E-state index contributed by atoms with van der Waals surface area (Å²) in [5.74, 6) is -2.38. The van der Waals surface area contributed by atoms with Gasteiger partial charge in [-0.2, -0.15) is 0 Å². The summed E-state index contributed by atoms with van der Waals surface area (Å²) < 4.78 is 28.4. The van der Waals surface area contributed by atoms with Crippen molar-refractivity contribution in [2.45, 2.75) is 64.7 Å². The third kappa shape index (κ3) is 9.29. The predicted molar refractivity (Wildman–Crippen MR) is 153 cm³/mol. The van der Waals surface area contributed by atoms with Crippen LogP contribution >= 0.6 is 23.2 Å². The lowest BCUT2D eigenvalue weighted by Gasteiger charge is -2.31. The molecule has 0 radical (unpaired) electrons. The molecule has 1 saturated heterocycles. The van der Waals surface area contributed by atoms with Gasteiger partial charge in [0.25, 0.3) is 5.91 Å². The average Bonchev–Trinajstić information content (AvgIpc) is 2.97. The van der Waals surface area contributed by atoms with E-state index in [0.29, 0.717) is 23.1 Å². The maximum atomic E-state index is 13.2. The molecule has 0 aliphatic carbocycles. The third-order valence-corrected chi connectivity index (χ3v) is 7.13. The van der Waals surface area contributed by atoms with E-state index >= 15 is 0 Å². The molecule has 2 heterocycles. The van der Waals surface area contributed by atoms with Crippen LogP contribution in [0.3, 0.4) is 0 Å². The lowest BCUT2D eigenvalue weighted by molar-refractivity contribution is -0.160. The van der Waals surface area contributed by atoms with Crippen molar-refractivity contribution in [3.05, 3.63) is 51.8 Å². The molecule has 1 aliphatic heterocycles. The Morgan fingerprint density at radius 2 is 1.95 bits per heavy atom. The molecular formula is C29H36Cl2N2O8. The molecular weight excluding hydrogens is 575 g/mol. The van der Waals surface area contributed by atoms with Gasteiger partial charge in [0.1, 0.15) is 6.10 Å². The van der Waals surface area contributed by atoms with Gasteiger partial charge in [-0.1, -0.05) is 49.0 Å². The van der Waals surface area contributed by atoms with E-state index in [1.807, 2.05) is 6.07 Å². The number of benzene rings is 1. The lowest BCUT2D eigenvalue weighted by atomic mass is 9.91. The zero-order valence-corrected chi connectivity index (χ0v) is 25.1. The van der Waals surface area contributed by atoms with E-state index in [4.69, 9.17) is 46.9 Å². The summed E-state index contributed by atoms with van der Waals surface area (Å²) >= 11 is 12.6. The number of cyclic esters (lactones) is 1. The van der Waals surface area contributed by atoms with Gasteiger partial charge in [0, 0.05) is 41.8 Å².